The predicted molar refractivity (Wildman–Crippen MR) is 100 cm³/mol. The number of likely N-dealkylation sites (N-methyl/N-ethyl adjacent to an activating group) is 1. The summed E-state index contributed by atoms with van der Waals surface area (Å²) in [6.45, 7) is 4.87. The van der Waals surface area contributed by atoms with Crippen molar-refractivity contribution in [3.05, 3.63) is 64.2 Å². The first-order valence-corrected chi connectivity index (χ1v) is 8.32. The van der Waals surface area contributed by atoms with Gasteiger partial charge >= 0.3 is 0 Å². The van der Waals surface area contributed by atoms with E-state index in [9.17, 15) is 14.9 Å². The first-order valence-electron chi connectivity index (χ1n) is 8.32. The predicted octanol–water partition coefficient (Wildman–Crippen LogP) is 3.24. The molecule has 7 heteroatoms. The highest BCUT2D eigenvalue weighted by Gasteiger charge is 2.18. The Morgan fingerprint density at radius 3 is 2.38 bits per heavy atom. The fraction of sp³-hybridized carbons (Fsp3) is 0.316. The molecule has 7 nitrogen and oxygen atoms in total. The lowest BCUT2D eigenvalue weighted by atomic mass is 10.2. The van der Waals surface area contributed by atoms with Crippen molar-refractivity contribution < 1.29 is 14.5 Å². The lowest BCUT2D eigenvalue weighted by Crippen LogP contribution is -2.41. The Morgan fingerprint density at radius 2 is 1.81 bits per heavy atom. The topological polar surface area (TPSA) is 84.7 Å². The molecule has 1 atom stereocenters. The minimum Gasteiger partial charge on any atom is -0.492 e. The fourth-order valence-electron chi connectivity index (χ4n) is 2.25. The van der Waals surface area contributed by atoms with E-state index in [1.807, 2.05) is 43.1 Å². The number of amides is 1. The summed E-state index contributed by atoms with van der Waals surface area (Å²) in [6, 6.07) is 13.2. The smallest absolute Gasteiger partial charge is 0.269 e. The van der Waals surface area contributed by atoms with Crippen molar-refractivity contribution in [1.29, 1.82) is 0 Å². The summed E-state index contributed by atoms with van der Waals surface area (Å²) in [5.41, 5.74) is 1.68. The molecular weight excluding hydrogens is 334 g/mol. The first-order chi connectivity index (χ1) is 12.4. The number of benzene rings is 2. The van der Waals surface area contributed by atoms with Gasteiger partial charge < -0.3 is 10.1 Å². The van der Waals surface area contributed by atoms with Crippen LogP contribution in [0.2, 0.25) is 0 Å². The third kappa shape index (κ3) is 5.56. The number of carbonyl (C=O) groups is 1. The summed E-state index contributed by atoms with van der Waals surface area (Å²) < 4.78 is 5.68. The number of hydrogen-bond donors (Lipinski definition) is 1. The van der Waals surface area contributed by atoms with E-state index in [1.165, 1.54) is 29.8 Å². The van der Waals surface area contributed by atoms with Crippen molar-refractivity contribution in [2.45, 2.75) is 19.9 Å². The third-order valence-electron chi connectivity index (χ3n) is 4.12. The Labute approximate surface area is 152 Å². The van der Waals surface area contributed by atoms with Gasteiger partial charge in [0.25, 0.3) is 5.69 Å². The summed E-state index contributed by atoms with van der Waals surface area (Å²) in [5, 5.41) is 13.4. The minimum absolute atomic E-state index is 0.0126. The standard InChI is InChI=1S/C19H23N3O4/c1-14-4-10-18(11-5-14)26-13-12-21(3)15(2)19(23)20-16-6-8-17(9-7-16)22(24)25/h4-11,15H,12-13H2,1-3H3,(H,20,23). The fourth-order valence-corrected chi connectivity index (χ4v) is 2.25. The average Bonchev–Trinajstić information content (AvgIpc) is 2.63. The molecule has 2 aromatic rings. The van der Waals surface area contributed by atoms with Crippen molar-refractivity contribution in [3.63, 3.8) is 0 Å². The summed E-state index contributed by atoms with van der Waals surface area (Å²) in [5.74, 6) is 0.615. The molecule has 0 spiro atoms. The van der Waals surface area contributed by atoms with Crippen LogP contribution in [0.3, 0.4) is 0 Å². The van der Waals surface area contributed by atoms with Gasteiger partial charge in [0, 0.05) is 24.4 Å². The number of carbonyl (C=O) groups excluding carboxylic acids is 1. The number of nitro benzene ring substituents is 1. The molecule has 0 aromatic heterocycles. The molecule has 1 amide bonds. The van der Waals surface area contributed by atoms with Gasteiger partial charge in [-0.2, -0.15) is 0 Å². The van der Waals surface area contributed by atoms with Gasteiger partial charge in [-0.15, -0.1) is 0 Å². The van der Waals surface area contributed by atoms with Crippen molar-refractivity contribution >= 4 is 17.3 Å². The van der Waals surface area contributed by atoms with E-state index < -0.39 is 4.92 Å². The molecule has 1 unspecified atom stereocenters. The van der Waals surface area contributed by atoms with Gasteiger partial charge in [0.1, 0.15) is 12.4 Å². The van der Waals surface area contributed by atoms with Crippen LogP contribution in [0.4, 0.5) is 11.4 Å². The third-order valence-corrected chi connectivity index (χ3v) is 4.12. The summed E-state index contributed by atoms with van der Waals surface area (Å²) in [4.78, 5) is 24.4. The van der Waals surface area contributed by atoms with E-state index in [4.69, 9.17) is 4.74 Å². The summed E-state index contributed by atoms with van der Waals surface area (Å²) >= 11 is 0. The summed E-state index contributed by atoms with van der Waals surface area (Å²) in [6.07, 6.45) is 0. The van der Waals surface area contributed by atoms with Gasteiger partial charge in [0.05, 0.1) is 11.0 Å². The summed E-state index contributed by atoms with van der Waals surface area (Å²) in [7, 11) is 1.85. The Kier molecular flexibility index (Phi) is 6.68. The van der Waals surface area contributed by atoms with E-state index in [0.717, 1.165) is 5.75 Å². The number of nitro groups is 1. The van der Waals surface area contributed by atoms with E-state index in [1.54, 1.807) is 6.92 Å². The maximum absolute atomic E-state index is 12.3. The first kappa shape index (κ1) is 19.4. The molecular formula is C19H23N3O4. The molecule has 2 aromatic carbocycles. The number of nitrogens with one attached hydrogen (secondary N) is 1. The molecule has 0 bridgehead atoms. The van der Waals surface area contributed by atoms with Gasteiger partial charge in [0.2, 0.25) is 5.91 Å². The van der Waals surface area contributed by atoms with Gasteiger partial charge in [-0.1, -0.05) is 17.7 Å². The molecule has 0 fully saturated rings. The van der Waals surface area contributed by atoms with E-state index in [0.29, 0.717) is 18.8 Å². The SMILES string of the molecule is Cc1ccc(OCCN(C)C(C)C(=O)Nc2ccc([N+](=O)[O-])cc2)cc1. The molecule has 0 aliphatic carbocycles. The molecule has 0 saturated carbocycles. The Balaban J connectivity index is 1.80. The Morgan fingerprint density at radius 1 is 1.19 bits per heavy atom. The van der Waals surface area contributed by atoms with E-state index in [-0.39, 0.29) is 17.6 Å². The van der Waals surface area contributed by atoms with E-state index in [2.05, 4.69) is 5.32 Å². The van der Waals surface area contributed by atoms with Gasteiger partial charge in [-0.05, 0) is 45.2 Å². The van der Waals surface area contributed by atoms with Crippen LogP contribution >= 0.6 is 0 Å². The van der Waals surface area contributed by atoms with Crippen molar-refractivity contribution in [2.75, 3.05) is 25.5 Å². The van der Waals surface area contributed by atoms with Gasteiger partial charge in [-0.25, -0.2) is 0 Å². The largest absolute Gasteiger partial charge is 0.492 e. The second-order valence-corrected chi connectivity index (χ2v) is 6.11. The van der Waals surface area contributed by atoms with Crippen LogP contribution in [0.5, 0.6) is 5.75 Å². The highest BCUT2D eigenvalue weighted by Crippen LogP contribution is 2.16. The molecule has 2 rings (SSSR count). The van der Waals surface area contributed by atoms with Crippen LogP contribution in [0.25, 0.3) is 0 Å². The quantitative estimate of drug-likeness (QED) is 0.579. The van der Waals surface area contributed by atoms with Crippen LogP contribution in [-0.4, -0.2) is 42.0 Å². The molecule has 0 heterocycles. The lowest BCUT2D eigenvalue weighted by molar-refractivity contribution is -0.384. The van der Waals surface area contributed by atoms with Crippen LogP contribution < -0.4 is 10.1 Å². The number of hydrogen-bond acceptors (Lipinski definition) is 5. The van der Waals surface area contributed by atoms with Gasteiger partial charge in [-0.3, -0.25) is 19.8 Å². The maximum Gasteiger partial charge on any atom is 0.269 e. The monoisotopic (exact) mass is 357 g/mol. The van der Waals surface area contributed by atoms with Crippen LogP contribution in [0, 0.1) is 17.0 Å². The highest BCUT2D eigenvalue weighted by atomic mass is 16.6. The Bertz CT molecular complexity index is 744. The molecule has 0 aliphatic rings. The van der Waals surface area contributed by atoms with Crippen molar-refractivity contribution in [1.82, 2.24) is 4.90 Å². The number of non-ortho nitro benzene ring substituents is 1. The number of ether oxygens (including phenoxy) is 1. The molecule has 0 radical (unpaired) electrons. The normalized spacial score (nSPS) is 11.8. The minimum atomic E-state index is -0.476. The average molecular weight is 357 g/mol. The van der Waals surface area contributed by atoms with Crippen LogP contribution in [0.1, 0.15) is 12.5 Å². The lowest BCUT2D eigenvalue weighted by Gasteiger charge is -2.23. The number of anilines is 1. The molecule has 0 saturated heterocycles. The maximum atomic E-state index is 12.3. The number of aryl methyl sites for hydroxylation is 1. The van der Waals surface area contributed by atoms with Crippen LogP contribution in [0.15, 0.2) is 48.5 Å². The van der Waals surface area contributed by atoms with Crippen molar-refractivity contribution in [3.8, 4) is 5.75 Å². The number of nitrogens with zero attached hydrogens (tertiary/aromatic N) is 2. The number of rotatable bonds is 8. The zero-order valence-corrected chi connectivity index (χ0v) is 15.1. The molecule has 26 heavy (non-hydrogen) atoms. The molecule has 0 aliphatic heterocycles. The van der Waals surface area contributed by atoms with E-state index >= 15 is 0 Å². The van der Waals surface area contributed by atoms with Crippen LogP contribution in [-0.2, 0) is 4.79 Å². The second-order valence-electron chi connectivity index (χ2n) is 6.11. The Hall–Kier alpha value is -2.93. The van der Waals surface area contributed by atoms with Crippen molar-refractivity contribution in [2.24, 2.45) is 0 Å². The molecule has 138 valence electrons. The van der Waals surface area contributed by atoms with Gasteiger partial charge in [0.15, 0.2) is 0 Å². The zero-order chi connectivity index (χ0) is 19.1. The molecule has 1 N–H and O–H groups in total. The highest BCUT2D eigenvalue weighted by molar-refractivity contribution is 5.94. The second kappa shape index (κ2) is 8.96. The zero-order valence-electron chi connectivity index (χ0n) is 15.1.